The predicted molar refractivity (Wildman–Crippen MR) is 95.1 cm³/mol. The quantitative estimate of drug-likeness (QED) is 0.805. The number of anilines is 2. The number of hydrogen-bond donors (Lipinski definition) is 2. The highest BCUT2D eigenvalue weighted by atomic mass is 16.5. The van der Waals surface area contributed by atoms with E-state index in [-0.39, 0.29) is 12.0 Å². The second-order valence-corrected chi connectivity index (χ2v) is 5.69. The van der Waals surface area contributed by atoms with Crippen molar-refractivity contribution in [3.63, 3.8) is 0 Å². The van der Waals surface area contributed by atoms with Gasteiger partial charge < -0.3 is 20.1 Å². The molecule has 0 saturated carbocycles. The Balaban J connectivity index is 1.58. The SMILES string of the molecule is CCOc1ccc(NC(=O)c2ccnc(NCC3CCCO3)n2)cc1. The number of benzene rings is 1. The molecule has 1 fully saturated rings. The molecule has 0 spiro atoms. The van der Waals surface area contributed by atoms with Crippen LogP contribution in [0.1, 0.15) is 30.3 Å². The van der Waals surface area contributed by atoms with Crippen LogP contribution in [0.5, 0.6) is 5.75 Å². The third kappa shape index (κ3) is 4.90. The van der Waals surface area contributed by atoms with Gasteiger partial charge in [-0.2, -0.15) is 0 Å². The first-order valence-corrected chi connectivity index (χ1v) is 8.47. The summed E-state index contributed by atoms with van der Waals surface area (Å²) in [5.74, 6) is 0.907. The lowest BCUT2D eigenvalue weighted by atomic mass is 10.2. The smallest absolute Gasteiger partial charge is 0.274 e. The lowest BCUT2D eigenvalue weighted by Crippen LogP contribution is -2.21. The first-order chi connectivity index (χ1) is 12.2. The first-order valence-electron chi connectivity index (χ1n) is 8.47. The lowest BCUT2D eigenvalue weighted by Gasteiger charge is -2.11. The topological polar surface area (TPSA) is 85.4 Å². The van der Waals surface area contributed by atoms with Gasteiger partial charge in [0.15, 0.2) is 0 Å². The van der Waals surface area contributed by atoms with Crippen molar-refractivity contribution in [2.24, 2.45) is 0 Å². The van der Waals surface area contributed by atoms with Gasteiger partial charge >= 0.3 is 0 Å². The monoisotopic (exact) mass is 342 g/mol. The molecule has 1 saturated heterocycles. The van der Waals surface area contributed by atoms with Gasteiger partial charge in [-0.25, -0.2) is 9.97 Å². The van der Waals surface area contributed by atoms with Crippen molar-refractivity contribution in [2.45, 2.75) is 25.9 Å². The van der Waals surface area contributed by atoms with Crippen LogP contribution in [0.4, 0.5) is 11.6 Å². The number of amides is 1. The Morgan fingerprint density at radius 2 is 2.16 bits per heavy atom. The molecule has 1 atom stereocenters. The molecule has 1 unspecified atom stereocenters. The zero-order valence-electron chi connectivity index (χ0n) is 14.2. The van der Waals surface area contributed by atoms with Gasteiger partial charge in [0.25, 0.3) is 5.91 Å². The normalized spacial score (nSPS) is 16.4. The summed E-state index contributed by atoms with van der Waals surface area (Å²) in [4.78, 5) is 20.8. The van der Waals surface area contributed by atoms with Gasteiger partial charge in [0.2, 0.25) is 5.95 Å². The molecule has 2 heterocycles. The van der Waals surface area contributed by atoms with Gasteiger partial charge in [0.1, 0.15) is 11.4 Å². The number of nitrogens with zero attached hydrogens (tertiary/aromatic N) is 2. The maximum absolute atomic E-state index is 12.4. The molecule has 2 N–H and O–H groups in total. The zero-order valence-corrected chi connectivity index (χ0v) is 14.2. The number of carbonyl (C=O) groups excluding carboxylic acids is 1. The number of nitrogens with one attached hydrogen (secondary N) is 2. The third-order valence-electron chi connectivity index (χ3n) is 3.82. The molecule has 2 aromatic rings. The zero-order chi connectivity index (χ0) is 17.5. The molecule has 7 nitrogen and oxygen atoms in total. The first kappa shape index (κ1) is 17.2. The van der Waals surface area contributed by atoms with E-state index in [0.717, 1.165) is 25.2 Å². The van der Waals surface area contributed by atoms with E-state index in [1.165, 1.54) is 0 Å². The van der Waals surface area contributed by atoms with Gasteiger partial charge in [0, 0.05) is 25.0 Å². The molecule has 3 rings (SSSR count). The minimum atomic E-state index is -0.285. The summed E-state index contributed by atoms with van der Waals surface area (Å²) in [5.41, 5.74) is 0.986. The van der Waals surface area contributed by atoms with Crippen LogP contribution in [0.15, 0.2) is 36.5 Å². The van der Waals surface area contributed by atoms with Crippen LogP contribution in [0.25, 0.3) is 0 Å². The fourth-order valence-corrected chi connectivity index (χ4v) is 2.58. The number of hydrogen-bond acceptors (Lipinski definition) is 6. The molecule has 1 aromatic heterocycles. The highest BCUT2D eigenvalue weighted by Crippen LogP contribution is 2.16. The van der Waals surface area contributed by atoms with Gasteiger partial charge in [-0.15, -0.1) is 0 Å². The molecule has 0 aliphatic carbocycles. The van der Waals surface area contributed by atoms with Crippen molar-refractivity contribution in [2.75, 3.05) is 30.4 Å². The number of carbonyl (C=O) groups is 1. The van der Waals surface area contributed by atoms with E-state index in [1.54, 1.807) is 24.4 Å². The van der Waals surface area contributed by atoms with Crippen molar-refractivity contribution in [1.82, 2.24) is 9.97 Å². The van der Waals surface area contributed by atoms with Crippen LogP contribution in [-0.2, 0) is 4.74 Å². The summed E-state index contributed by atoms with van der Waals surface area (Å²) < 4.78 is 10.9. The summed E-state index contributed by atoms with van der Waals surface area (Å²) in [6.07, 6.45) is 3.87. The highest BCUT2D eigenvalue weighted by molar-refractivity contribution is 6.02. The van der Waals surface area contributed by atoms with Gasteiger partial charge in [-0.3, -0.25) is 4.79 Å². The predicted octanol–water partition coefficient (Wildman–Crippen LogP) is 2.72. The molecule has 0 bridgehead atoms. The Morgan fingerprint density at radius 3 is 2.88 bits per heavy atom. The second kappa shape index (κ2) is 8.43. The Bertz CT molecular complexity index is 700. The summed E-state index contributed by atoms with van der Waals surface area (Å²) in [6.45, 7) is 3.98. The third-order valence-corrected chi connectivity index (χ3v) is 3.82. The summed E-state index contributed by atoms with van der Waals surface area (Å²) in [5, 5.41) is 5.94. The largest absolute Gasteiger partial charge is 0.494 e. The molecule has 132 valence electrons. The van der Waals surface area contributed by atoms with Crippen molar-refractivity contribution in [1.29, 1.82) is 0 Å². The molecule has 1 amide bonds. The average molecular weight is 342 g/mol. The molecule has 1 aliphatic rings. The minimum absolute atomic E-state index is 0.185. The fourth-order valence-electron chi connectivity index (χ4n) is 2.58. The number of rotatable bonds is 7. The van der Waals surface area contributed by atoms with Crippen LogP contribution < -0.4 is 15.4 Å². The van der Waals surface area contributed by atoms with Gasteiger partial charge in [-0.05, 0) is 50.1 Å². The van der Waals surface area contributed by atoms with Crippen molar-refractivity contribution in [3.8, 4) is 5.75 Å². The van der Waals surface area contributed by atoms with Gasteiger partial charge in [0.05, 0.1) is 12.7 Å². The van der Waals surface area contributed by atoms with Crippen molar-refractivity contribution < 1.29 is 14.3 Å². The average Bonchev–Trinajstić information content (AvgIpc) is 3.16. The number of aromatic nitrogens is 2. The van der Waals surface area contributed by atoms with Gasteiger partial charge in [-0.1, -0.05) is 0 Å². The van der Waals surface area contributed by atoms with E-state index in [4.69, 9.17) is 9.47 Å². The van der Waals surface area contributed by atoms with Crippen LogP contribution >= 0.6 is 0 Å². The standard InChI is InChI=1S/C18H22N4O3/c1-2-24-14-7-5-13(6-8-14)21-17(23)16-9-10-19-18(22-16)20-12-15-4-3-11-25-15/h5-10,15H,2-4,11-12H2,1H3,(H,21,23)(H,19,20,22). The van der Waals surface area contributed by atoms with E-state index in [1.807, 2.05) is 19.1 Å². The Kier molecular flexibility index (Phi) is 5.79. The maximum atomic E-state index is 12.4. The summed E-state index contributed by atoms with van der Waals surface area (Å²) in [6, 6.07) is 8.80. The summed E-state index contributed by atoms with van der Waals surface area (Å²) >= 11 is 0. The van der Waals surface area contributed by atoms with Crippen LogP contribution in [0.3, 0.4) is 0 Å². The van der Waals surface area contributed by atoms with E-state index < -0.39 is 0 Å². The second-order valence-electron chi connectivity index (χ2n) is 5.69. The number of ether oxygens (including phenoxy) is 2. The highest BCUT2D eigenvalue weighted by Gasteiger charge is 2.16. The van der Waals surface area contributed by atoms with E-state index in [9.17, 15) is 4.79 Å². The minimum Gasteiger partial charge on any atom is -0.494 e. The Morgan fingerprint density at radius 1 is 1.32 bits per heavy atom. The molecular weight excluding hydrogens is 320 g/mol. The molecule has 0 radical (unpaired) electrons. The lowest BCUT2D eigenvalue weighted by molar-refractivity contribution is 0.102. The van der Waals surface area contributed by atoms with E-state index in [0.29, 0.717) is 30.5 Å². The molecule has 25 heavy (non-hydrogen) atoms. The fraction of sp³-hybridized carbons (Fsp3) is 0.389. The maximum Gasteiger partial charge on any atom is 0.274 e. The van der Waals surface area contributed by atoms with Crippen molar-refractivity contribution >= 4 is 17.5 Å². The van der Waals surface area contributed by atoms with E-state index >= 15 is 0 Å². The van der Waals surface area contributed by atoms with Crippen LogP contribution in [-0.4, -0.2) is 41.7 Å². The van der Waals surface area contributed by atoms with Crippen molar-refractivity contribution in [3.05, 3.63) is 42.2 Å². The van der Waals surface area contributed by atoms with Crippen LogP contribution in [0.2, 0.25) is 0 Å². The molecule has 7 heteroatoms. The molecule has 1 aliphatic heterocycles. The Hall–Kier alpha value is -2.67. The summed E-state index contributed by atoms with van der Waals surface area (Å²) in [7, 11) is 0. The van der Waals surface area contributed by atoms with Crippen LogP contribution in [0, 0.1) is 0 Å². The molecule has 1 aromatic carbocycles. The Labute approximate surface area is 146 Å². The van der Waals surface area contributed by atoms with E-state index in [2.05, 4.69) is 20.6 Å². The molecular formula is C18H22N4O3.